The third-order valence-electron chi connectivity index (χ3n) is 2.29. The lowest BCUT2D eigenvalue weighted by atomic mass is 10.3. The van der Waals surface area contributed by atoms with Crippen LogP contribution in [0.4, 0.5) is 0 Å². The van der Waals surface area contributed by atoms with Crippen LogP contribution in [0, 0.1) is 6.92 Å². The number of pyridine rings is 1. The van der Waals surface area contributed by atoms with Crippen molar-refractivity contribution in [2.45, 2.75) is 6.92 Å². The van der Waals surface area contributed by atoms with Crippen molar-refractivity contribution < 1.29 is 4.79 Å². The number of rotatable bonds is 2. The Morgan fingerprint density at radius 3 is 2.71 bits per heavy atom. The molecule has 5 heteroatoms. The van der Waals surface area contributed by atoms with Gasteiger partial charge in [-0.25, -0.2) is 4.98 Å². The molecule has 4 nitrogen and oxygen atoms in total. The molecule has 0 radical (unpaired) electrons. The van der Waals surface area contributed by atoms with Crippen molar-refractivity contribution in [3.8, 4) is 10.7 Å². The first-order chi connectivity index (χ1) is 8.09. The molecule has 0 aliphatic rings. The number of amides is 1. The van der Waals surface area contributed by atoms with Gasteiger partial charge in [-0.2, -0.15) is 0 Å². The highest BCUT2D eigenvalue weighted by Crippen LogP contribution is 2.26. The Kier molecular flexibility index (Phi) is 3.19. The SMILES string of the molecule is Cc1sc(-c2ccccn2)nc1C(=O)N(C)C. The Morgan fingerprint density at radius 2 is 2.12 bits per heavy atom. The Balaban J connectivity index is 2.41. The highest BCUT2D eigenvalue weighted by molar-refractivity contribution is 7.15. The first-order valence-corrected chi connectivity index (χ1v) is 6.01. The summed E-state index contributed by atoms with van der Waals surface area (Å²) in [7, 11) is 3.45. The molecule has 0 fully saturated rings. The van der Waals surface area contributed by atoms with E-state index in [0.29, 0.717) is 5.69 Å². The van der Waals surface area contributed by atoms with E-state index in [1.54, 1.807) is 20.3 Å². The number of hydrogen-bond acceptors (Lipinski definition) is 4. The molecule has 2 rings (SSSR count). The van der Waals surface area contributed by atoms with E-state index in [1.165, 1.54) is 16.2 Å². The van der Waals surface area contributed by atoms with E-state index in [2.05, 4.69) is 9.97 Å². The van der Waals surface area contributed by atoms with E-state index in [0.717, 1.165) is 15.6 Å². The fourth-order valence-electron chi connectivity index (χ4n) is 1.41. The Hall–Kier alpha value is -1.75. The maximum atomic E-state index is 11.9. The van der Waals surface area contributed by atoms with Gasteiger partial charge in [-0.15, -0.1) is 11.3 Å². The molecule has 0 aromatic carbocycles. The Bertz CT molecular complexity index is 534. The van der Waals surface area contributed by atoms with Gasteiger partial charge >= 0.3 is 0 Å². The Morgan fingerprint density at radius 1 is 1.35 bits per heavy atom. The fourth-order valence-corrected chi connectivity index (χ4v) is 2.29. The molecule has 88 valence electrons. The topological polar surface area (TPSA) is 46.1 Å². The van der Waals surface area contributed by atoms with Crippen molar-refractivity contribution in [2.75, 3.05) is 14.1 Å². The molecular weight excluding hydrogens is 234 g/mol. The molecule has 17 heavy (non-hydrogen) atoms. The van der Waals surface area contributed by atoms with Gasteiger partial charge < -0.3 is 4.90 Å². The summed E-state index contributed by atoms with van der Waals surface area (Å²) in [6, 6.07) is 5.66. The van der Waals surface area contributed by atoms with Crippen molar-refractivity contribution in [3.63, 3.8) is 0 Å². The summed E-state index contributed by atoms with van der Waals surface area (Å²) in [5, 5.41) is 0.785. The average molecular weight is 247 g/mol. The molecule has 0 N–H and O–H groups in total. The van der Waals surface area contributed by atoms with E-state index in [4.69, 9.17) is 0 Å². The normalized spacial score (nSPS) is 10.3. The maximum absolute atomic E-state index is 11.9. The summed E-state index contributed by atoms with van der Waals surface area (Å²) in [5.41, 5.74) is 1.32. The minimum absolute atomic E-state index is 0.0686. The number of carbonyl (C=O) groups is 1. The summed E-state index contributed by atoms with van der Waals surface area (Å²) >= 11 is 1.49. The number of carbonyl (C=O) groups excluding carboxylic acids is 1. The highest BCUT2D eigenvalue weighted by atomic mass is 32.1. The van der Waals surface area contributed by atoms with E-state index in [9.17, 15) is 4.79 Å². The predicted molar refractivity (Wildman–Crippen MR) is 68.1 cm³/mol. The van der Waals surface area contributed by atoms with Crippen LogP contribution < -0.4 is 0 Å². The lowest BCUT2D eigenvalue weighted by molar-refractivity contribution is 0.0822. The van der Waals surface area contributed by atoms with E-state index in [-0.39, 0.29) is 5.91 Å². The van der Waals surface area contributed by atoms with Gasteiger partial charge in [0, 0.05) is 25.2 Å². The molecule has 2 aromatic rings. The highest BCUT2D eigenvalue weighted by Gasteiger charge is 2.17. The second kappa shape index (κ2) is 4.63. The smallest absolute Gasteiger partial charge is 0.273 e. The van der Waals surface area contributed by atoms with Crippen molar-refractivity contribution in [2.24, 2.45) is 0 Å². The van der Waals surface area contributed by atoms with Crippen molar-refractivity contribution in [1.82, 2.24) is 14.9 Å². The standard InChI is InChI=1S/C12H13N3OS/c1-8-10(12(16)15(2)3)14-11(17-8)9-6-4-5-7-13-9/h4-7H,1-3H3. The molecule has 0 spiro atoms. The van der Waals surface area contributed by atoms with Gasteiger partial charge in [0.1, 0.15) is 10.7 Å². The minimum Gasteiger partial charge on any atom is -0.343 e. The third kappa shape index (κ3) is 2.34. The molecule has 0 aliphatic heterocycles. The van der Waals surface area contributed by atoms with Crippen LogP contribution in [-0.4, -0.2) is 34.9 Å². The van der Waals surface area contributed by atoms with Crippen LogP contribution in [0.15, 0.2) is 24.4 Å². The molecule has 0 aliphatic carbocycles. The number of thiazole rings is 1. The number of hydrogen-bond donors (Lipinski definition) is 0. The molecule has 2 heterocycles. The molecule has 2 aromatic heterocycles. The van der Waals surface area contributed by atoms with Crippen molar-refractivity contribution in [3.05, 3.63) is 35.0 Å². The van der Waals surface area contributed by atoms with Crippen LogP contribution in [-0.2, 0) is 0 Å². The molecule has 0 bridgehead atoms. The van der Waals surface area contributed by atoms with Gasteiger partial charge in [-0.1, -0.05) is 6.07 Å². The van der Waals surface area contributed by atoms with Crippen LogP contribution in [0.5, 0.6) is 0 Å². The van der Waals surface area contributed by atoms with Gasteiger partial charge in [0.15, 0.2) is 0 Å². The zero-order chi connectivity index (χ0) is 12.4. The van der Waals surface area contributed by atoms with Gasteiger partial charge in [0.25, 0.3) is 5.91 Å². The molecule has 0 unspecified atom stereocenters. The second-order valence-corrected chi connectivity index (χ2v) is 5.04. The van der Waals surface area contributed by atoms with Gasteiger partial charge in [0.2, 0.25) is 0 Å². The largest absolute Gasteiger partial charge is 0.343 e. The monoisotopic (exact) mass is 247 g/mol. The van der Waals surface area contributed by atoms with Crippen LogP contribution in [0.3, 0.4) is 0 Å². The molecule has 0 saturated heterocycles. The summed E-state index contributed by atoms with van der Waals surface area (Å²) in [6.45, 7) is 1.90. The van der Waals surface area contributed by atoms with Crippen molar-refractivity contribution >= 4 is 17.2 Å². The van der Waals surface area contributed by atoms with Crippen LogP contribution in [0.25, 0.3) is 10.7 Å². The number of aromatic nitrogens is 2. The van der Waals surface area contributed by atoms with E-state index < -0.39 is 0 Å². The van der Waals surface area contributed by atoms with Gasteiger partial charge in [0.05, 0.1) is 5.69 Å². The molecule has 1 amide bonds. The first kappa shape index (κ1) is 11.7. The van der Waals surface area contributed by atoms with Crippen molar-refractivity contribution in [1.29, 1.82) is 0 Å². The lowest BCUT2D eigenvalue weighted by Gasteiger charge is -2.07. The second-order valence-electron chi connectivity index (χ2n) is 3.84. The summed E-state index contributed by atoms with van der Waals surface area (Å²) in [4.78, 5) is 22.9. The summed E-state index contributed by atoms with van der Waals surface area (Å²) in [5.74, 6) is -0.0686. The maximum Gasteiger partial charge on any atom is 0.273 e. The molecular formula is C12H13N3OS. The van der Waals surface area contributed by atoms with E-state index >= 15 is 0 Å². The number of nitrogens with zero attached hydrogens (tertiary/aromatic N) is 3. The lowest BCUT2D eigenvalue weighted by Crippen LogP contribution is -2.22. The summed E-state index contributed by atoms with van der Waals surface area (Å²) < 4.78 is 0. The average Bonchev–Trinajstić information content (AvgIpc) is 2.71. The van der Waals surface area contributed by atoms with E-state index in [1.807, 2.05) is 25.1 Å². The summed E-state index contributed by atoms with van der Waals surface area (Å²) in [6.07, 6.45) is 1.72. The number of aryl methyl sites for hydroxylation is 1. The quantitative estimate of drug-likeness (QED) is 0.817. The first-order valence-electron chi connectivity index (χ1n) is 5.20. The fraction of sp³-hybridized carbons (Fsp3) is 0.250. The van der Waals surface area contributed by atoms with Crippen LogP contribution in [0.2, 0.25) is 0 Å². The van der Waals surface area contributed by atoms with Crippen LogP contribution >= 0.6 is 11.3 Å². The van der Waals surface area contributed by atoms with Gasteiger partial charge in [-0.05, 0) is 19.1 Å². The zero-order valence-corrected chi connectivity index (χ0v) is 10.8. The molecule has 0 atom stereocenters. The predicted octanol–water partition coefficient (Wildman–Crippen LogP) is 2.22. The van der Waals surface area contributed by atoms with Crippen LogP contribution in [0.1, 0.15) is 15.4 Å². The minimum atomic E-state index is -0.0686. The van der Waals surface area contributed by atoms with Gasteiger partial charge in [-0.3, -0.25) is 9.78 Å². The zero-order valence-electron chi connectivity index (χ0n) is 9.97. The third-order valence-corrected chi connectivity index (χ3v) is 3.28. The Labute approximate surface area is 104 Å². The molecule has 0 saturated carbocycles.